The van der Waals surface area contributed by atoms with E-state index in [1.165, 1.54) is 24.2 Å². The van der Waals surface area contributed by atoms with Crippen LogP contribution in [0.25, 0.3) is 0 Å². The van der Waals surface area contributed by atoms with Gasteiger partial charge in [0.05, 0.1) is 0 Å². The quantitative estimate of drug-likeness (QED) is 0.906. The van der Waals surface area contributed by atoms with E-state index in [9.17, 15) is 0 Å². The first-order valence-corrected chi connectivity index (χ1v) is 8.31. The molecule has 1 aromatic rings. The molecule has 3 atom stereocenters. The molecule has 3 unspecified atom stereocenters. The maximum absolute atomic E-state index is 3.49. The average Bonchev–Trinajstić information content (AvgIpc) is 2.74. The van der Waals surface area contributed by atoms with Crippen molar-refractivity contribution in [3.8, 4) is 0 Å². The van der Waals surface area contributed by atoms with Gasteiger partial charge in [0.2, 0.25) is 0 Å². The first-order chi connectivity index (χ1) is 9.81. The van der Waals surface area contributed by atoms with Crippen LogP contribution in [0.4, 0.5) is 0 Å². The van der Waals surface area contributed by atoms with Crippen molar-refractivity contribution in [1.82, 2.24) is 10.2 Å². The fourth-order valence-electron chi connectivity index (χ4n) is 3.24. The van der Waals surface area contributed by atoms with Crippen LogP contribution in [0.2, 0.25) is 0 Å². The normalized spacial score (nSPS) is 25.2. The molecule has 0 amide bonds. The van der Waals surface area contributed by atoms with Gasteiger partial charge in [-0.3, -0.25) is 0 Å². The third-order valence-electron chi connectivity index (χ3n) is 5.03. The number of likely N-dealkylation sites (N-methyl/N-ethyl adjacent to an activating group) is 1. The second kappa shape index (κ2) is 6.50. The van der Waals surface area contributed by atoms with E-state index in [4.69, 9.17) is 0 Å². The van der Waals surface area contributed by atoms with E-state index in [1.807, 2.05) is 0 Å². The van der Waals surface area contributed by atoms with Gasteiger partial charge in [0.25, 0.3) is 0 Å². The zero-order valence-electron chi connectivity index (χ0n) is 14.6. The van der Waals surface area contributed by atoms with Gasteiger partial charge in [0.1, 0.15) is 0 Å². The van der Waals surface area contributed by atoms with E-state index >= 15 is 0 Å². The number of nitrogens with zero attached hydrogens (tertiary/aromatic N) is 1. The molecule has 2 nitrogen and oxygen atoms in total. The van der Waals surface area contributed by atoms with Crippen LogP contribution in [0.1, 0.15) is 51.8 Å². The number of benzene rings is 1. The van der Waals surface area contributed by atoms with Gasteiger partial charge in [-0.05, 0) is 35.4 Å². The minimum Gasteiger partial charge on any atom is -0.312 e. The van der Waals surface area contributed by atoms with Crippen LogP contribution in [0.5, 0.6) is 0 Å². The molecular weight excluding hydrogens is 256 g/mol. The van der Waals surface area contributed by atoms with Crippen molar-refractivity contribution in [1.29, 1.82) is 0 Å². The fourth-order valence-corrected chi connectivity index (χ4v) is 3.24. The molecule has 0 saturated carbocycles. The standard InChI is InChI=1S/C19H32N2/c1-14-11-21(12-15(14)2)13-18(20-6)16-7-9-17(10-8-16)19(3,4)5/h7-10,14-15,18,20H,11-13H2,1-6H3. The maximum Gasteiger partial charge on any atom is 0.0446 e. The highest BCUT2D eigenvalue weighted by atomic mass is 15.2. The first-order valence-electron chi connectivity index (χ1n) is 8.31. The summed E-state index contributed by atoms with van der Waals surface area (Å²) in [5, 5.41) is 3.49. The minimum absolute atomic E-state index is 0.230. The monoisotopic (exact) mass is 288 g/mol. The Morgan fingerprint density at radius 1 is 1.10 bits per heavy atom. The van der Waals surface area contributed by atoms with Crippen molar-refractivity contribution in [3.05, 3.63) is 35.4 Å². The molecule has 2 rings (SSSR count). The number of hydrogen-bond acceptors (Lipinski definition) is 2. The number of hydrogen-bond donors (Lipinski definition) is 1. The molecule has 0 radical (unpaired) electrons. The summed E-state index contributed by atoms with van der Waals surface area (Å²) in [6.07, 6.45) is 0. The van der Waals surface area contributed by atoms with Crippen LogP contribution in [0, 0.1) is 11.8 Å². The molecule has 1 aliphatic heterocycles. The van der Waals surface area contributed by atoms with E-state index in [0.717, 1.165) is 18.4 Å². The molecule has 1 aliphatic rings. The van der Waals surface area contributed by atoms with E-state index in [0.29, 0.717) is 6.04 Å². The van der Waals surface area contributed by atoms with Crippen molar-refractivity contribution in [3.63, 3.8) is 0 Å². The van der Waals surface area contributed by atoms with Crippen LogP contribution >= 0.6 is 0 Å². The lowest BCUT2D eigenvalue weighted by Gasteiger charge is -2.25. The Hall–Kier alpha value is -0.860. The Morgan fingerprint density at radius 3 is 2.05 bits per heavy atom. The third-order valence-corrected chi connectivity index (χ3v) is 5.03. The van der Waals surface area contributed by atoms with Crippen molar-refractivity contribution >= 4 is 0 Å². The Bertz CT molecular complexity index is 434. The van der Waals surface area contributed by atoms with Gasteiger partial charge in [-0.2, -0.15) is 0 Å². The lowest BCUT2D eigenvalue weighted by Crippen LogP contribution is -2.32. The van der Waals surface area contributed by atoms with Crippen LogP contribution < -0.4 is 5.32 Å². The molecule has 0 bridgehead atoms. The van der Waals surface area contributed by atoms with Gasteiger partial charge in [-0.15, -0.1) is 0 Å². The van der Waals surface area contributed by atoms with Crippen molar-refractivity contribution in [2.45, 2.75) is 46.1 Å². The second-order valence-electron chi connectivity index (χ2n) is 7.89. The summed E-state index contributed by atoms with van der Waals surface area (Å²) in [7, 11) is 2.07. The molecule has 0 aromatic heterocycles. The second-order valence-corrected chi connectivity index (χ2v) is 7.89. The molecule has 0 spiro atoms. The molecule has 1 fully saturated rings. The zero-order valence-corrected chi connectivity index (χ0v) is 14.6. The van der Waals surface area contributed by atoms with Crippen LogP contribution in [0.15, 0.2) is 24.3 Å². The fraction of sp³-hybridized carbons (Fsp3) is 0.684. The van der Waals surface area contributed by atoms with Gasteiger partial charge >= 0.3 is 0 Å². The summed E-state index contributed by atoms with van der Waals surface area (Å²) in [5.41, 5.74) is 3.04. The summed E-state index contributed by atoms with van der Waals surface area (Å²) >= 11 is 0. The molecule has 1 N–H and O–H groups in total. The number of likely N-dealkylation sites (tertiary alicyclic amines) is 1. The highest BCUT2D eigenvalue weighted by Crippen LogP contribution is 2.27. The Morgan fingerprint density at radius 2 is 1.62 bits per heavy atom. The van der Waals surface area contributed by atoms with E-state index in [-0.39, 0.29) is 5.41 Å². The predicted molar refractivity (Wildman–Crippen MR) is 91.7 cm³/mol. The molecule has 2 heteroatoms. The first kappa shape index (κ1) is 16.5. The smallest absolute Gasteiger partial charge is 0.0446 e. The molecule has 1 aromatic carbocycles. The highest BCUT2D eigenvalue weighted by molar-refractivity contribution is 5.29. The van der Waals surface area contributed by atoms with Crippen LogP contribution in [-0.4, -0.2) is 31.6 Å². The molecule has 1 saturated heterocycles. The Balaban J connectivity index is 2.04. The predicted octanol–water partition coefficient (Wildman–Crippen LogP) is 3.83. The topological polar surface area (TPSA) is 15.3 Å². The van der Waals surface area contributed by atoms with E-state index in [2.05, 4.69) is 76.1 Å². The largest absolute Gasteiger partial charge is 0.312 e. The van der Waals surface area contributed by atoms with E-state index in [1.54, 1.807) is 0 Å². The van der Waals surface area contributed by atoms with Crippen LogP contribution in [0.3, 0.4) is 0 Å². The summed E-state index contributed by atoms with van der Waals surface area (Å²) < 4.78 is 0. The third kappa shape index (κ3) is 4.08. The van der Waals surface area contributed by atoms with Gasteiger partial charge < -0.3 is 10.2 Å². The van der Waals surface area contributed by atoms with Gasteiger partial charge in [0, 0.05) is 25.7 Å². The lowest BCUT2D eigenvalue weighted by atomic mass is 9.86. The molecule has 0 aliphatic carbocycles. The number of nitrogens with one attached hydrogen (secondary N) is 1. The molecular formula is C19H32N2. The summed E-state index contributed by atoms with van der Waals surface area (Å²) in [6, 6.07) is 9.59. The van der Waals surface area contributed by atoms with E-state index < -0.39 is 0 Å². The van der Waals surface area contributed by atoms with Crippen molar-refractivity contribution in [2.75, 3.05) is 26.7 Å². The average molecular weight is 288 g/mol. The van der Waals surface area contributed by atoms with Gasteiger partial charge in [-0.1, -0.05) is 58.9 Å². The Labute approximate surface area is 130 Å². The minimum atomic E-state index is 0.230. The molecule has 118 valence electrons. The zero-order chi connectivity index (χ0) is 15.6. The highest BCUT2D eigenvalue weighted by Gasteiger charge is 2.27. The Kier molecular flexibility index (Phi) is 5.11. The summed E-state index contributed by atoms with van der Waals surface area (Å²) in [4.78, 5) is 2.61. The molecule has 1 heterocycles. The SMILES string of the molecule is CNC(CN1CC(C)C(C)C1)c1ccc(C(C)(C)C)cc1. The van der Waals surface area contributed by atoms with Crippen LogP contribution in [-0.2, 0) is 5.41 Å². The maximum atomic E-state index is 3.49. The number of rotatable bonds is 4. The van der Waals surface area contributed by atoms with Gasteiger partial charge in [0.15, 0.2) is 0 Å². The lowest BCUT2D eigenvalue weighted by molar-refractivity contribution is 0.287. The summed E-state index contributed by atoms with van der Waals surface area (Å²) in [6.45, 7) is 15.1. The van der Waals surface area contributed by atoms with Crippen molar-refractivity contribution in [2.24, 2.45) is 11.8 Å². The molecule has 21 heavy (non-hydrogen) atoms. The van der Waals surface area contributed by atoms with Crippen molar-refractivity contribution < 1.29 is 0 Å². The summed E-state index contributed by atoms with van der Waals surface area (Å²) in [5.74, 6) is 1.65. The van der Waals surface area contributed by atoms with Gasteiger partial charge in [-0.25, -0.2) is 0 Å².